The van der Waals surface area contributed by atoms with E-state index in [2.05, 4.69) is 4.98 Å². The van der Waals surface area contributed by atoms with E-state index in [9.17, 15) is 10.1 Å². The van der Waals surface area contributed by atoms with E-state index in [4.69, 9.17) is 28.2 Å². The zero-order valence-electron chi connectivity index (χ0n) is 6.61. The lowest BCUT2D eigenvalue weighted by molar-refractivity contribution is -0.383. The molecule has 0 aliphatic rings. The number of hydrogen-bond donors (Lipinski definition) is 1. The third kappa shape index (κ3) is 1.38. The number of fused-ring (bicyclic) bond motifs is 1. The highest BCUT2D eigenvalue weighted by Gasteiger charge is 2.17. The van der Waals surface area contributed by atoms with Gasteiger partial charge >= 0.3 is 5.69 Å². The van der Waals surface area contributed by atoms with Gasteiger partial charge in [-0.25, -0.2) is 0 Å². The van der Waals surface area contributed by atoms with Crippen LogP contribution in [0.1, 0.15) is 0 Å². The van der Waals surface area contributed by atoms with Crippen LogP contribution in [0.2, 0.25) is 5.02 Å². The predicted octanol–water partition coefficient (Wildman–Crippen LogP) is 3.05. The average molecular weight is 231 g/mol. The monoisotopic (exact) mass is 230 g/mol. The number of nitrogens with zero attached hydrogens (tertiary/aromatic N) is 1. The summed E-state index contributed by atoms with van der Waals surface area (Å²) in [5.41, 5.74) is 0.346. The van der Waals surface area contributed by atoms with Crippen LogP contribution in [0, 0.1) is 15.0 Å². The third-order valence-corrected chi connectivity index (χ3v) is 2.07. The molecule has 0 aliphatic carbocycles. The van der Waals surface area contributed by atoms with Crippen molar-refractivity contribution >= 4 is 40.6 Å². The summed E-state index contributed by atoms with van der Waals surface area (Å²) in [5.74, 6) is 0. The zero-order valence-corrected chi connectivity index (χ0v) is 8.19. The Morgan fingerprint density at radius 1 is 1.57 bits per heavy atom. The minimum absolute atomic E-state index is 0.0883. The van der Waals surface area contributed by atoms with Crippen molar-refractivity contribution in [3.63, 3.8) is 0 Å². The van der Waals surface area contributed by atoms with Crippen molar-refractivity contribution in [3.05, 3.63) is 32.1 Å². The zero-order chi connectivity index (χ0) is 10.3. The topological polar surface area (TPSA) is 72.1 Å². The molecular weight excluding hydrogens is 228 g/mol. The Morgan fingerprint density at radius 2 is 2.29 bits per heavy atom. The molecule has 72 valence electrons. The Kier molecular flexibility index (Phi) is 2.01. The van der Waals surface area contributed by atoms with Crippen molar-refractivity contribution in [1.82, 2.24) is 4.98 Å². The van der Waals surface area contributed by atoms with E-state index >= 15 is 0 Å². The van der Waals surface area contributed by atoms with Crippen molar-refractivity contribution in [2.24, 2.45) is 0 Å². The summed E-state index contributed by atoms with van der Waals surface area (Å²) in [5, 5.41) is 10.9. The first-order chi connectivity index (χ1) is 6.58. The summed E-state index contributed by atoms with van der Waals surface area (Å²) in [6, 6.07) is 2.74. The minimum Gasteiger partial charge on any atom is -0.422 e. The molecule has 0 spiro atoms. The van der Waals surface area contributed by atoms with Crippen LogP contribution in [0.5, 0.6) is 0 Å². The van der Waals surface area contributed by atoms with E-state index in [1.54, 1.807) is 0 Å². The van der Waals surface area contributed by atoms with Gasteiger partial charge in [-0.15, -0.1) is 0 Å². The fourth-order valence-corrected chi connectivity index (χ4v) is 1.55. The SMILES string of the molecule is O=[N+]([O-])c1cc(Cl)cc2[nH]c(=S)oc12. The quantitative estimate of drug-likeness (QED) is 0.464. The van der Waals surface area contributed by atoms with Crippen molar-refractivity contribution in [3.8, 4) is 0 Å². The van der Waals surface area contributed by atoms with Gasteiger partial charge in [-0.2, -0.15) is 0 Å². The molecule has 0 saturated carbocycles. The fourth-order valence-electron chi connectivity index (χ4n) is 1.14. The molecule has 2 rings (SSSR count). The number of halogens is 1. The van der Waals surface area contributed by atoms with Gasteiger partial charge < -0.3 is 9.40 Å². The highest BCUT2D eigenvalue weighted by Crippen LogP contribution is 2.29. The van der Waals surface area contributed by atoms with Crippen molar-refractivity contribution in [1.29, 1.82) is 0 Å². The first kappa shape index (κ1) is 9.17. The molecule has 7 heteroatoms. The molecular formula is C7H3ClN2O3S. The highest BCUT2D eigenvalue weighted by molar-refractivity contribution is 7.71. The lowest BCUT2D eigenvalue weighted by Crippen LogP contribution is -1.88. The number of non-ortho nitro benzene ring substituents is 1. The maximum Gasteiger partial charge on any atom is 0.315 e. The van der Waals surface area contributed by atoms with E-state index in [1.165, 1.54) is 12.1 Å². The lowest BCUT2D eigenvalue weighted by atomic mass is 10.3. The van der Waals surface area contributed by atoms with E-state index in [0.29, 0.717) is 5.52 Å². The highest BCUT2D eigenvalue weighted by atomic mass is 35.5. The summed E-state index contributed by atoms with van der Waals surface area (Å²) in [4.78, 5) is 12.8. The van der Waals surface area contributed by atoms with Gasteiger partial charge in [0.05, 0.1) is 10.4 Å². The van der Waals surface area contributed by atoms with E-state index in [1.807, 2.05) is 0 Å². The van der Waals surface area contributed by atoms with Gasteiger partial charge in [0.1, 0.15) is 0 Å². The first-order valence-electron chi connectivity index (χ1n) is 3.54. The molecule has 5 nitrogen and oxygen atoms in total. The van der Waals surface area contributed by atoms with Crippen molar-refractivity contribution in [2.75, 3.05) is 0 Å². The Balaban J connectivity index is 2.92. The number of H-pyrrole nitrogens is 1. The predicted molar refractivity (Wildman–Crippen MR) is 53.1 cm³/mol. The Hall–Kier alpha value is -1.40. The molecule has 0 bridgehead atoms. The molecule has 0 unspecified atom stereocenters. The van der Waals surface area contributed by atoms with Crippen LogP contribution in [-0.4, -0.2) is 9.91 Å². The lowest BCUT2D eigenvalue weighted by Gasteiger charge is -1.92. The number of nitro groups is 1. The number of oxazole rings is 1. The summed E-state index contributed by atoms with van der Waals surface area (Å²) >= 11 is 10.4. The maximum absolute atomic E-state index is 10.6. The standard InChI is InChI=1S/C7H3ClN2O3S/c8-3-1-4-6(13-7(14)9-4)5(2-3)10(11)12/h1-2H,(H,9,14). The van der Waals surface area contributed by atoms with Crippen molar-refractivity contribution in [2.45, 2.75) is 0 Å². The number of aromatic nitrogens is 1. The number of rotatable bonds is 1. The van der Waals surface area contributed by atoms with Gasteiger partial charge in [-0.05, 0) is 18.3 Å². The summed E-state index contributed by atoms with van der Waals surface area (Å²) in [6.07, 6.45) is 0. The second-order valence-electron chi connectivity index (χ2n) is 2.57. The number of benzene rings is 1. The van der Waals surface area contributed by atoms with Gasteiger partial charge in [0, 0.05) is 11.1 Å². The van der Waals surface area contributed by atoms with Crippen LogP contribution in [-0.2, 0) is 0 Å². The largest absolute Gasteiger partial charge is 0.422 e. The average Bonchev–Trinajstić information content (AvgIpc) is 2.42. The molecule has 14 heavy (non-hydrogen) atoms. The van der Waals surface area contributed by atoms with Crippen molar-refractivity contribution < 1.29 is 9.34 Å². The molecule has 0 atom stereocenters. The molecule has 0 radical (unpaired) electrons. The van der Waals surface area contributed by atoms with E-state index in [-0.39, 0.29) is 21.1 Å². The molecule has 1 heterocycles. The minimum atomic E-state index is -0.569. The number of nitrogens with one attached hydrogen (secondary N) is 1. The second-order valence-corrected chi connectivity index (χ2v) is 3.38. The normalized spacial score (nSPS) is 10.6. The van der Waals surface area contributed by atoms with Crippen LogP contribution in [0.4, 0.5) is 5.69 Å². The van der Waals surface area contributed by atoms with E-state index < -0.39 is 4.92 Å². The summed E-state index contributed by atoms with van der Waals surface area (Å²) < 4.78 is 4.97. The molecule has 0 fully saturated rings. The van der Waals surface area contributed by atoms with Gasteiger partial charge in [0.2, 0.25) is 5.58 Å². The Bertz CT molecular complexity index is 574. The van der Waals surface area contributed by atoms with Gasteiger partial charge in [-0.1, -0.05) is 11.6 Å². The number of nitro benzene ring substituents is 1. The van der Waals surface area contributed by atoms with Crippen LogP contribution in [0.25, 0.3) is 11.1 Å². The molecule has 0 aliphatic heterocycles. The van der Waals surface area contributed by atoms with Crippen LogP contribution in [0.3, 0.4) is 0 Å². The molecule has 1 N–H and O–H groups in total. The van der Waals surface area contributed by atoms with Gasteiger partial charge in [0.15, 0.2) is 0 Å². The second kappa shape index (κ2) is 3.07. The fraction of sp³-hybridized carbons (Fsp3) is 0. The molecule has 1 aromatic carbocycles. The smallest absolute Gasteiger partial charge is 0.315 e. The van der Waals surface area contributed by atoms with Crippen LogP contribution < -0.4 is 0 Å². The Labute approximate surface area is 87.4 Å². The summed E-state index contributed by atoms with van der Waals surface area (Å²) in [7, 11) is 0. The molecule has 1 aromatic heterocycles. The Morgan fingerprint density at radius 3 is 2.93 bits per heavy atom. The molecule has 2 aromatic rings. The number of aromatic amines is 1. The number of hydrogen-bond acceptors (Lipinski definition) is 4. The van der Waals surface area contributed by atoms with Gasteiger partial charge in [0.25, 0.3) is 4.84 Å². The molecule has 0 saturated heterocycles. The third-order valence-electron chi connectivity index (χ3n) is 1.66. The maximum atomic E-state index is 10.6. The van der Waals surface area contributed by atoms with Crippen LogP contribution >= 0.6 is 23.8 Å². The van der Waals surface area contributed by atoms with Crippen LogP contribution in [0.15, 0.2) is 16.5 Å². The van der Waals surface area contributed by atoms with Gasteiger partial charge in [-0.3, -0.25) is 10.1 Å². The first-order valence-corrected chi connectivity index (χ1v) is 4.33. The summed E-state index contributed by atoms with van der Waals surface area (Å²) in [6.45, 7) is 0. The van der Waals surface area contributed by atoms with E-state index in [0.717, 1.165) is 0 Å². The molecule has 0 amide bonds.